The van der Waals surface area contributed by atoms with E-state index in [1.807, 2.05) is 24.3 Å². The number of benzene rings is 2. The predicted molar refractivity (Wildman–Crippen MR) is 118 cm³/mol. The number of rotatable bonds is 16. The van der Waals surface area contributed by atoms with Gasteiger partial charge in [0.05, 0.1) is 12.3 Å². The molecule has 0 radical (unpaired) electrons. The van der Waals surface area contributed by atoms with Crippen molar-refractivity contribution in [2.24, 2.45) is 0 Å². The molecular weight excluding hydrogens is 346 g/mol. The molecule has 0 spiro atoms. The van der Waals surface area contributed by atoms with Gasteiger partial charge in [0.1, 0.15) is 12.0 Å². The van der Waals surface area contributed by atoms with Crippen molar-refractivity contribution in [2.45, 2.75) is 70.8 Å². The lowest BCUT2D eigenvalue weighted by Gasteiger charge is -2.13. The molecule has 28 heavy (non-hydrogen) atoms. The van der Waals surface area contributed by atoms with Crippen LogP contribution in [0.2, 0.25) is 0 Å². The van der Waals surface area contributed by atoms with E-state index in [1.165, 1.54) is 50.5 Å². The summed E-state index contributed by atoms with van der Waals surface area (Å²) in [5.74, 6) is 0.939. The van der Waals surface area contributed by atoms with E-state index in [9.17, 15) is 4.79 Å². The number of carbonyl (C=O) groups excluding carboxylic acids is 1. The van der Waals surface area contributed by atoms with Crippen LogP contribution in [0.4, 0.5) is 5.69 Å². The highest BCUT2D eigenvalue weighted by Gasteiger charge is 2.03. The normalized spacial score (nSPS) is 10.6. The van der Waals surface area contributed by atoms with Crippen molar-refractivity contribution in [2.75, 3.05) is 11.9 Å². The molecule has 2 aromatic rings. The molecule has 3 heteroatoms. The zero-order chi connectivity index (χ0) is 19.7. The number of hydrogen-bond donors (Lipinski definition) is 1. The summed E-state index contributed by atoms with van der Waals surface area (Å²) < 4.78 is 6.02. The Morgan fingerprint density at radius 3 is 2.04 bits per heavy atom. The fraction of sp³-hybridized carbons (Fsp3) is 0.480. The predicted octanol–water partition coefficient (Wildman–Crippen LogP) is 6.78. The van der Waals surface area contributed by atoms with E-state index in [0.717, 1.165) is 50.1 Å². The van der Waals surface area contributed by atoms with Gasteiger partial charge in [0, 0.05) is 13.0 Å². The van der Waals surface area contributed by atoms with Crippen molar-refractivity contribution in [1.82, 2.24) is 0 Å². The van der Waals surface area contributed by atoms with Crippen LogP contribution in [-0.2, 0) is 11.3 Å². The maximum Gasteiger partial charge on any atom is 0.142 e. The Labute approximate surface area is 170 Å². The Bertz CT molecular complexity index is 642. The fourth-order valence-corrected chi connectivity index (χ4v) is 3.28. The minimum Gasteiger partial charge on any atom is -0.491 e. The van der Waals surface area contributed by atoms with Gasteiger partial charge in [-0.2, -0.15) is 0 Å². The molecule has 0 saturated carbocycles. The summed E-state index contributed by atoms with van der Waals surface area (Å²) in [5.41, 5.74) is 2.32. The SMILES string of the molecule is O=CCCCCCCCCCCCOc1ccccc1NCc1ccccc1. The molecule has 0 heterocycles. The molecule has 2 rings (SSSR count). The lowest BCUT2D eigenvalue weighted by atomic mass is 10.1. The number of hydrogen-bond acceptors (Lipinski definition) is 3. The second-order valence-electron chi connectivity index (χ2n) is 7.32. The monoisotopic (exact) mass is 381 g/mol. The van der Waals surface area contributed by atoms with Crippen LogP contribution in [0.15, 0.2) is 54.6 Å². The summed E-state index contributed by atoms with van der Waals surface area (Å²) in [6.07, 6.45) is 12.8. The smallest absolute Gasteiger partial charge is 0.142 e. The number of anilines is 1. The van der Waals surface area contributed by atoms with Crippen LogP contribution in [0.5, 0.6) is 5.75 Å². The molecular formula is C25H35NO2. The molecule has 0 aliphatic rings. The third-order valence-electron chi connectivity index (χ3n) is 4.94. The highest BCUT2D eigenvalue weighted by molar-refractivity contribution is 5.56. The molecule has 0 fully saturated rings. The summed E-state index contributed by atoms with van der Waals surface area (Å²) in [5, 5.41) is 3.48. The zero-order valence-electron chi connectivity index (χ0n) is 17.1. The Hall–Kier alpha value is -2.29. The lowest BCUT2D eigenvalue weighted by Crippen LogP contribution is -2.04. The van der Waals surface area contributed by atoms with Gasteiger partial charge in [0.2, 0.25) is 0 Å². The van der Waals surface area contributed by atoms with E-state index in [-0.39, 0.29) is 0 Å². The molecule has 0 atom stereocenters. The maximum atomic E-state index is 10.3. The largest absolute Gasteiger partial charge is 0.491 e. The second-order valence-corrected chi connectivity index (χ2v) is 7.32. The first-order valence-corrected chi connectivity index (χ1v) is 10.8. The molecule has 3 nitrogen and oxygen atoms in total. The van der Waals surface area contributed by atoms with E-state index >= 15 is 0 Å². The van der Waals surface area contributed by atoms with Gasteiger partial charge in [-0.1, -0.05) is 87.4 Å². The number of carbonyl (C=O) groups is 1. The number of unbranched alkanes of at least 4 members (excludes halogenated alkanes) is 9. The molecule has 0 aliphatic heterocycles. The Kier molecular flexibility index (Phi) is 11.6. The molecule has 152 valence electrons. The molecule has 0 aromatic heterocycles. The van der Waals surface area contributed by atoms with Crippen LogP contribution >= 0.6 is 0 Å². The first kappa shape index (κ1) is 22.0. The summed E-state index contributed by atoms with van der Waals surface area (Å²) in [7, 11) is 0. The molecule has 0 aliphatic carbocycles. The van der Waals surface area contributed by atoms with Crippen LogP contribution in [-0.4, -0.2) is 12.9 Å². The van der Waals surface area contributed by atoms with Crippen molar-refractivity contribution in [3.8, 4) is 5.75 Å². The Balaban J connectivity index is 1.54. The van der Waals surface area contributed by atoms with Crippen molar-refractivity contribution in [3.63, 3.8) is 0 Å². The zero-order valence-corrected chi connectivity index (χ0v) is 17.1. The topological polar surface area (TPSA) is 38.3 Å². The van der Waals surface area contributed by atoms with Crippen molar-refractivity contribution in [3.05, 3.63) is 60.2 Å². The van der Waals surface area contributed by atoms with Gasteiger partial charge in [0.25, 0.3) is 0 Å². The lowest BCUT2D eigenvalue weighted by molar-refractivity contribution is -0.107. The van der Waals surface area contributed by atoms with E-state index < -0.39 is 0 Å². The van der Waals surface area contributed by atoms with Crippen LogP contribution < -0.4 is 10.1 Å². The molecule has 1 N–H and O–H groups in total. The summed E-state index contributed by atoms with van der Waals surface area (Å²) in [4.78, 5) is 10.3. The van der Waals surface area contributed by atoms with Crippen LogP contribution in [0.25, 0.3) is 0 Å². The Morgan fingerprint density at radius 2 is 1.32 bits per heavy atom. The highest BCUT2D eigenvalue weighted by Crippen LogP contribution is 2.24. The van der Waals surface area contributed by atoms with Crippen LogP contribution in [0, 0.1) is 0 Å². The molecule has 0 unspecified atom stereocenters. The van der Waals surface area contributed by atoms with E-state index in [0.29, 0.717) is 0 Å². The van der Waals surface area contributed by atoms with Gasteiger partial charge in [0.15, 0.2) is 0 Å². The second kappa shape index (κ2) is 14.7. The van der Waals surface area contributed by atoms with E-state index in [2.05, 4.69) is 35.6 Å². The van der Waals surface area contributed by atoms with Crippen molar-refractivity contribution < 1.29 is 9.53 Å². The highest BCUT2D eigenvalue weighted by atomic mass is 16.5. The number of nitrogens with one attached hydrogen (secondary N) is 1. The van der Waals surface area contributed by atoms with Gasteiger partial charge in [-0.3, -0.25) is 0 Å². The Morgan fingerprint density at radius 1 is 0.714 bits per heavy atom. The molecule has 0 amide bonds. The van der Waals surface area contributed by atoms with Gasteiger partial charge in [-0.25, -0.2) is 0 Å². The summed E-state index contributed by atoms with van der Waals surface area (Å²) >= 11 is 0. The third kappa shape index (κ3) is 9.59. The first-order chi connectivity index (χ1) is 13.9. The molecule has 0 saturated heterocycles. The first-order valence-electron chi connectivity index (χ1n) is 10.8. The summed E-state index contributed by atoms with van der Waals surface area (Å²) in [6.45, 7) is 1.58. The van der Waals surface area contributed by atoms with Crippen molar-refractivity contribution >= 4 is 12.0 Å². The van der Waals surface area contributed by atoms with E-state index in [4.69, 9.17) is 4.74 Å². The minimum atomic E-state index is 0.727. The van der Waals surface area contributed by atoms with E-state index in [1.54, 1.807) is 0 Å². The number of aldehydes is 1. The van der Waals surface area contributed by atoms with Gasteiger partial charge in [-0.15, -0.1) is 0 Å². The molecule has 0 bridgehead atoms. The summed E-state index contributed by atoms with van der Waals surface area (Å²) in [6, 6.07) is 18.6. The standard InChI is InChI=1S/C25H35NO2/c27-20-14-7-5-3-1-2-4-6-8-15-21-28-25-19-13-12-18-24(25)26-22-23-16-10-9-11-17-23/h9-13,16-20,26H,1-8,14-15,21-22H2. The quantitative estimate of drug-likeness (QED) is 0.257. The van der Waals surface area contributed by atoms with Crippen LogP contribution in [0.1, 0.15) is 69.8 Å². The fourth-order valence-electron chi connectivity index (χ4n) is 3.28. The minimum absolute atomic E-state index is 0.727. The molecule has 2 aromatic carbocycles. The van der Waals surface area contributed by atoms with Crippen molar-refractivity contribution in [1.29, 1.82) is 0 Å². The number of para-hydroxylation sites is 2. The van der Waals surface area contributed by atoms with Gasteiger partial charge in [-0.05, 0) is 30.5 Å². The number of ether oxygens (including phenoxy) is 1. The maximum absolute atomic E-state index is 10.3. The average molecular weight is 382 g/mol. The van der Waals surface area contributed by atoms with Gasteiger partial charge >= 0.3 is 0 Å². The average Bonchev–Trinajstić information content (AvgIpc) is 2.74. The third-order valence-corrected chi connectivity index (χ3v) is 4.94. The van der Waals surface area contributed by atoms with Crippen LogP contribution in [0.3, 0.4) is 0 Å². The van der Waals surface area contributed by atoms with Gasteiger partial charge < -0.3 is 14.8 Å².